The molecule has 92 valence electrons. The minimum atomic E-state index is -0.254. The fraction of sp³-hybridized carbons (Fsp3) is 0. The van der Waals surface area contributed by atoms with Crippen LogP contribution in [0.1, 0.15) is 15.2 Å². The van der Waals surface area contributed by atoms with Gasteiger partial charge in [0.15, 0.2) is 0 Å². The van der Waals surface area contributed by atoms with Gasteiger partial charge in [0.2, 0.25) is 0 Å². The van der Waals surface area contributed by atoms with Crippen LogP contribution in [0.2, 0.25) is 4.34 Å². The largest absolute Gasteiger partial charge is 0.271 e. The standard InChI is InChI=1S/C12H8BrClN2OS/c13-9-3-1-2-8(6-9)12(17)16-15-7-10-4-5-11(14)18-10/h1-7H,(H,16,17). The Morgan fingerprint density at radius 1 is 1.39 bits per heavy atom. The predicted molar refractivity (Wildman–Crippen MR) is 78.5 cm³/mol. The van der Waals surface area contributed by atoms with Crippen LogP contribution in [0.3, 0.4) is 0 Å². The highest BCUT2D eigenvalue weighted by Gasteiger charge is 2.03. The molecule has 0 aliphatic rings. The van der Waals surface area contributed by atoms with Crippen molar-refractivity contribution < 1.29 is 4.79 Å². The molecule has 2 rings (SSSR count). The molecule has 1 amide bonds. The number of benzene rings is 1. The summed E-state index contributed by atoms with van der Waals surface area (Å²) in [5.41, 5.74) is 3.00. The Balaban J connectivity index is 1.98. The van der Waals surface area contributed by atoms with Crippen LogP contribution in [0.15, 0.2) is 46.0 Å². The highest BCUT2D eigenvalue weighted by molar-refractivity contribution is 9.10. The van der Waals surface area contributed by atoms with Gasteiger partial charge in [-0.15, -0.1) is 11.3 Å². The predicted octanol–water partition coefficient (Wildman–Crippen LogP) is 3.93. The number of hydrogen-bond donors (Lipinski definition) is 1. The molecule has 1 aromatic heterocycles. The quantitative estimate of drug-likeness (QED) is 0.666. The van der Waals surface area contributed by atoms with Crippen molar-refractivity contribution >= 4 is 51.0 Å². The van der Waals surface area contributed by atoms with Crippen LogP contribution in [0.25, 0.3) is 0 Å². The van der Waals surface area contributed by atoms with E-state index in [0.29, 0.717) is 9.90 Å². The smallest absolute Gasteiger partial charge is 0.267 e. The molecular weight excluding hydrogens is 336 g/mol. The first-order valence-corrected chi connectivity index (χ1v) is 6.98. The van der Waals surface area contributed by atoms with Gasteiger partial charge >= 0.3 is 0 Å². The van der Waals surface area contributed by atoms with Crippen LogP contribution in [0.4, 0.5) is 0 Å². The number of thiophene rings is 1. The van der Waals surface area contributed by atoms with E-state index >= 15 is 0 Å². The van der Waals surface area contributed by atoms with E-state index in [9.17, 15) is 4.79 Å². The van der Waals surface area contributed by atoms with Gasteiger partial charge in [-0.3, -0.25) is 4.79 Å². The Morgan fingerprint density at radius 3 is 2.89 bits per heavy atom. The Kier molecular flexibility index (Phi) is 4.52. The third kappa shape index (κ3) is 3.66. The molecule has 0 bridgehead atoms. The summed E-state index contributed by atoms with van der Waals surface area (Å²) in [6.07, 6.45) is 1.56. The van der Waals surface area contributed by atoms with Crippen molar-refractivity contribution in [1.29, 1.82) is 0 Å². The highest BCUT2D eigenvalue weighted by Crippen LogP contribution is 2.19. The fourth-order valence-electron chi connectivity index (χ4n) is 1.25. The lowest BCUT2D eigenvalue weighted by Gasteiger charge is -1.99. The third-order valence-corrected chi connectivity index (χ3v) is 3.70. The summed E-state index contributed by atoms with van der Waals surface area (Å²) in [5, 5.41) is 3.87. The van der Waals surface area contributed by atoms with Crippen LogP contribution in [-0.2, 0) is 0 Å². The Hall–Kier alpha value is -1.17. The minimum absolute atomic E-state index is 0.254. The second-order valence-corrected chi connectivity index (χ2v) is 6.01. The molecular formula is C12H8BrClN2OS. The summed E-state index contributed by atoms with van der Waals surface area (Å²) in [4.78, 5) is 12.6. The average molecular weight is 344 g/mol. The highest BCUT2D eigenvalue weighted by atomic mass is 79.9. The number of halogens is 2. The van der Waals surface area contributed by atoms with Gasteiger partial charge in [-0.05, 0) is 30.3 Å². The molecule has 0 saturated heterocycles. The molecule has 0 aliphatic heterocycles. The van der Waals surface area contributed by atoms with E-state index in [1.807, 2.05) is 12.1 Å². The van der Waals surface area contributed by atoms with Gasteiger partial charge in [0.1, 0.15) is 0 Å². The first-order chi connectivity index (χ1) is 8.65. The minimum Gasteiger partial charge on any atom is -0.267 e. The van der Waals surface area contributed by atoms with Gasteiger partial charge in [-0.2, -0.15) is 5.10 Å². The van der Waals surface area contributed by atoms with Gasteiger partial charge in [0.25, 0.3) is 5.91 Å². The van der Waals surface area contributed by atoms with Crippen molar-refractivity contribution in [3.63, 3.8) is 0 Å². The van der Waals surface area contributed by atoms with E-state index in [4.69, 9.17) is 11.6 Å². The second kappa shape index (κ2) is 6.13. The van der Waals surface area contributed by atoms with Crippen molar-refractivity contribution in [2.24, 2.45) is 5.10 Å². The van der Waals surface area contributed by atoms with Gasteiger partial charge in [-0.1, -0.05) is 33.6 Å². The normalized spacial score (nSPS) is 10.8. The van der Waals surface area contributed by atoms with Crippen LogP contribution in [0, 0.1) is 0 Å². The van der Waals surface area contributed by atoms with Gasteiger partial charge in [0, 0.05) is 14.9 Å². The lowest BCUT2D eigenvalue weighted by atomic mass is 10.2. The summed E-state index contributed by atoms with van der Waals surface area (Å²) in [7, 11) is 0. The number of amides is 1. The van der Waals surface area contributed by atoms with Crippen molar-refractivity contribution in [3.8, 4) is 0 Å². The molecule has 0 fully saturated rings. The molecule has 1 heterocycles. The number of hydrogen-bond acceptors (Lipinski definition) is 3. The van der Waals surface area contributed by atoms with E-state index in [1.165, 1.54) is 11.3 Å². The number of hydrazone groups is 1. The van der Waals surface area contributed by atoms with E-state index in [0.717, 1.165) is 9.35 Å². The number of nitrogens with one attached hydrogen (secondary N) is 1. The van der Waals surface area contributed by atoms with Crippen LogP contribution in [-0.4, -0.2) is 12.1 Å². The maximum absolute atomic E-state index is 11.7. The number of carbonyl (C=O) groups excluding carboxylic acids is 1. The monoisotopic (exact) mass is 342 g/mol. The van der Waals surface area contributed by atoms with Gasteiger partial charge in [-0.25, -0.2) is 5.43 Å². The summed E-state index contributed by atoms with van der Waals surface area (Å²) < 4.78 is 1.54. The van der Waals surface area contributed by atoms with Crippen molar-refractivity contribution in [3.05, 3.63) is 55.6 Å². The maximum atomic E-state index is 11.7. The SMILES string of the molecule is O=C(NN=Cc1ccc(Cl)s1)c1cccc(Br)c1. The average Bonchev–Trinajstić information content (AvgIpc) is 2.75. The molecule has 0 spiro atoms. The molecule has 1 aromatic carbocycles. The molecule has 0 atom stereocenters. The Morgan fingerprint density at radius 2 is 2.22 bits per heavy atom. The number of nitrogens with zero attached hydrogens (tertiary/aromatic N) is 1. The van der Waals surface area contributed by atoms with Gasteiger partial charge in [0.05, 0.1) is 10.6 Å². The Bertz CT molecular complexity index is 597. The van der Waals surface area contributed by atoms with Crippen LogP contribution < -0.4 is 5.43 Å². The summed E-state index contributed by atoms with van der Waals surface area (Å²) in [6.45, 7) is 0. The molecule has 0 unspecified atom stereocenters. The third-order valence-electron chi connectivity index (χ3n) is 2.04. The van der Waals surface area contributed by atoms with Crippen molar-refractivity contribution in [2.75, 3.05) is 0 Å². The number of rotatable bonds is 3. The molecule has 3 nitrogen and oxygen atoms in total. The Labute approximate surface area is 122 Å². The second-order valence-electron chi connectivity index (χ2n) is 3.35. The molecule has 2 aromatic rings. The zero-order valence-electron chi connectivity index (χ0n) is 9.06. The molecule has 0 saturated carbocycles. The van der Waals surface area contributed by atoms with Crippen molar-refractivity contribution in [2.45, 2.75) is 0 Å². The zero-order chi connectivity index (χ0) is 13.0. The molecule has 1 N–H and O–H groups in total. The molecule has 6 heteroatoms. The summed E-state index contributed by atoms with van der Waals surface area (Å²) >= 11 is 10.5. The zero-order valence-corrected chi connectivity index (χ0v) is 12.2. The molecule has 0 aliphatic carbocycles. The lowest BCUT2D eigenvalue weighted by molar-refractivity contribution is 0.0955. The summed E-state index contributed by atoms with van der Waals surface area (Å²) in [5.74, 6) is -0.254. The molecule has 0 radical (unpaired) electrons. The van der Waals surface area contributed by atoms with E-state index in [1.54, 1.807) is 30.5 Å². The van der Waals surface area contributed by atoms with Gasteiger partial charge < -0.3 is 0 Å². The topological polar surface area (TPSA) is 41.5 Å². The van der Waals surface area contributed by atoms with E-state index in [-0.39, 0.29) is 5.91 Å². The van der Waals surface area contributed by atoms with E-state index < -0.39 is 0 Å². The number of carbonyl (C=O) groups is 1. The maximum Gasteiger partial charge on any atom is 0.271 e. The van der Waals surface area contributed by atoms with E-state index in [2.05, 4.69) is 26.5 Å². The van der Waals surface area contributed by atoms with Crippen LogP contribution >= 0.6 is 38.9 Å². The summed E-state index contributed by atoms with van der Waals surface area (Å²) in [6, 6.07) is 10.7. The first-order valence-electron chi connectivity index (χ1n) is 4.99. The van der Waals surface area contributed by atoms with Crippen LogP contribution in [0.5, 0.6) is 0 Å². The lowest BCUT2D eigenvalue weighted by Crippen LogP contribution is -2.17. The fourth-order valence-corrected chi connectivity index (χ4v) is 2.58. The molecule has 18 heavy (non-hydrogen) atoms. The first kappa shape index (κ1) is 13.3. The van der Waals surface area contributed by atoms with Crippen molar-refractivity contribution in [1.82, 2.24) is 5.43 Å².